The number of alkyl halides is 3. The zero-order chi connectivity index (χ0) is 17.0. The second kappa shape index (κ2) is 6.60. The molecule has 0 saturated heterocycles. The zero-order valence-corrected chi connectivity index (χ0v) is 11.8. The first-order valence-corrected chi connectivity index (χ1v) is 6.64. The van der Waals surface area contributed by atoms with E-state index in [4.69, 9.17) is 5.11 Å². The Labute approximate surface area is 129 Å². The van der Waals surface area contributed by atoms with Crippen LogP contribution >= 0.6 is 0 Å². The maximum Gasteiger partial charge on any atom is 0.573 e. The summed E-state index contributed by atoms with van der Waals surface area (Å²) in [6, 6.07) is 9.91. The molecule has 2 aromatic carbocycles. The molecule has 0 saturated carbocycles. The molecule has 0 bridgehead atoms. The number of hydrogen-bond donors (Lipinski definition) is 2. The van der Waals surface area contributed by atoms with Gasteiger partial charge >= 0.3 is 12.3 Å². The first-order chi connectivity index (χ1) is 10.7. The molecule has 0 heterocycles. The van der Waals surface area contributed by atoms with Gasteiger partial charge in [0.2, 0.25) is 0 Å². The van der Waals surface area contributed by atoms with Gasteiger partial charge in [-0.05, 0) is 47.4 Å². The summed E-state index contributed by atoms with van der Waals surface area (Å²) in [6.07, 6.45) is -4.72. The summed E-state index contributed by atoms with van der Waals surface area (Å²) in [6.45, 7) is 0. The number of phenolic OH excluding ortho intramolecular Hbond substituents is 1. The van der Waals surface area contributed by atoms with Crippen LogP contribution in [0.15, 0.2) is 42.5 Å². The van der Waals surface area contributed by atoms with Crippen LogP contribution in [0, 0.1) is 0 Å². The van der Waals surface area contributed by atoms with Crippen LogP contribution in [0.25, 0.3) is 11.1 Å². The van der Waals surface area contributed by atoms with E-state index in [0.717, 1.165) is 0 Å². The van der Waals surface area contributed by atoms with E-state index in [9.17, 15) is 23.1 Å². The van der Waals surface area contributed by atoms with Gasteiger partial charge in [0.25, 0.3) is 0 Å². The number of carboxylic acid groups (broad SMARTS) is 1. The summed E-state index contributed by atoms with van der Waals surface area (Å²) in [5, 5.41) is 18.4. The lowest BCUT2D eigenvalue weighted by molar-refractivity contribution is -0.274. The number of ether oxygens (including phenoxy) is 1. The van der Waals surface area contributed by atoms with Gasteiger partial charge in [-0.15, -0.1) is 13.2 Å². The minimum atomic E-state index is -4.75. The Balaban J connectivity index is 2.21. The van der Waals surface area contributed by atoms with Crippen molar-refractivity contribution < 1.29 is 32.9 Å². The standard InChI is InChI=1S/C16H13F3O4/c17-16(18,19)23-13-5-1-10(2-6-13)11-3-7-14(20)12(9-11)4-8-15(21)22/h1-3,5-7,9,20H,4,8H2,(H,21,22). The van der Waals surface area contributed by atoms with Gasteiger partial charge < -0.3 is 14.9 Å². The second-order valence-electron chi connectivity index (χ2n) is 4.81. The van der Waals surface area contributed by atoms with Crippen molar-refractivity contribution in [2.45, 2.75) is 19.2 Å². The molecule has 2 rings (SSSR count). The third-order valence-electron chi connectivity index (χ3n) is 3.11. The molecule has 0 atom stereocenters. The molecule has 122 valence electrons. The fourth-order valence-electron chi connectivity index (χ4n) is 2.06. The van der Waals surface area contributed by atoms with Gasteiger partial charge in [-0.3, -0.25) is 4.79 Å². The Bertz CT molecular complexity index is 693. The SMILES string of the molecule is O=C(O)CCc1cc(-c2ccc(OC(F)(F)F)cc2)ccc1O. The highest BCUT2D eigenvalue weighted by Crippen LogP contribution is 2.29. The molecule has 0 aliphatic heterocycles. The molecule has 0 aliphatic carbocycles. The molecule has 0 amide bonds. The van der Waals surface area contributed by atoms with Crippen LogP contribution < -0.4 is 4.74 Å². The number of phenols is 1. The topological polar surface area (TPSA) is 66.8 Å². The number of benzene rings is 2. The maximum atomic E-state index is 12.1. The number of aromatic hydroxyl groups is 1. The van der Waals surface area contributed by atoms with Crippen LogP contribution in [0.4, 0.5) is 13.2 Å². The van der Waals surface area contributed by atoms with Crippen LogP contribution in [0.2, 0.25) is 0 Å². The van der Waals surface area contributed by atoms with Crippen molar-refractivity contribution in [3.8, 4) is 22.6 Å². The average molecular weight is 326 g/mol. The Morgan fingerprint density at radius 3 is 2.22 bits per heavy atom. The lowest BCUT2D eigenvalue weighted by atomic mass is 10.00. The largest absolute Gasteiger partial charge is 0.573 e. The average Bonchev–Trinajstić information content (AvgIpc) is 2.45. The van der Waals surface area contributed by atoms with E-state index < -0.39 is 12.3 Å². The summed E-state index contributed by atoms with van der Waals surface area (Å²) >= 11 is 0. The van der Waals surface area contributed by atoms with E-state index in [0.29, 0.717) is 16.7 Å². The van der Waals surface area contributed by atoms with Crippen LogP contribution in [0.5, 0.6) is 11.5 Å². The molecule has 0 aliphatic rings. The zero-order valence-electron chi connectivity index (χ0n) is 11.8. The smallest absolute Gasteiger partial charge is 0.508 e. The molecular weight excluding hydrogens is 313 g/mol. The van der Waals surface area contributed by atoms with Crippen molar-refractivity contribution in [1.82, 2.24) is 0 Å². The highest BCUT2D eigenvalue weighted by molar-refractivity contribution is 5.69. The maximum absolute atomic E-state index is 12.1. The highest BCUT2D eigenvalue weighted by atomic mass is 19.4. The van der Waals surface area contributed by atoms with E-state index in [-0.39, 0.29) is 24.3 Å². The summed E-state index contributed by atoms with van der Waals surface area (Å²) in [5.74, 6) is -1.33. The first-order valence-electron chi connectivity index (χ1n) is 6.64. The summed E-state index contributed by atoms with van der Waals surface area (Å²) in [5.41, 5.74) is 1.73. The molecule has 2 N–H and O–H groups in total. The van der Waals surface area contributed by atoms with Crippen molar-refractivity contribution in [2.75, 3.05) is 0 Å². The predicted octanol–water partition coefficient (Wildman–Crippen LogP) is 3.98. The molecule has 0 radical (unpaired) electrons. The molecule has 7 heteroatoms. The van der Waals surface area contributed by atoms with Gasteiger partial charge in [0.1, 0.15) is 11.5 Å². The number of aryl methyl sites for hydroxylation is 1. The molecule has 0 aromatic heterocycles. The van der Waals surface area contributed by atoms with Gasteiger partial charge in [-0.25, -0.2) is 0 Å². The van der Waals surface area contributed by atoms with Crippen LogP contribution in [-0.2, 0) is 11.2 Å². The van der Waals surface area contributed by atoms with E-state index in [2.05, 4.69) is 4.74 Å². The van der Waals surface area contributed by atoms with E-state index in [1.807, 2.05) is 0 Å². The molecule has 2 aromatic rings. The van der Waals surface area contributed by atoms with Crippen LogP contribution in [0.1, 0.15) is 12.0 Å². The fourth-order valence-corrected chi connectivity index (χ4v) is 2.06. The number of hydrogen-bond acceptors (Lipinski definition) is 3. The van der Waals surface area contributed by atoms with Crippen molar-refractivity contribution in [3.05, 3.63) is 48.0 Å². The Hall–Kier alpha value is -2.70. The minimum absolute atomic E-state index is 0.0213. The van der Waals surface area contributed by atoms with E-state index >= 15 is 0 Å². The fraction of sp³-hybridized carbons (Fsp3) is 0.188. The number of carboxylic acids is 1. The molecule has 0 fully saturated rings. The molecule has 0 spiro atoms. The number of aliphatic carboxylic acids is 1. The second-order valence-corrected chi connectivity index (χ2v) is 4.81. The molecule has 23 heavy (non-hydrogen) atoms. The van der Waals surface area contributed by atoms with Crippen molar-refractivity contribution in [2.24, 2.45) is 0 Å². The number of halogens is 3. The monoisotopic (exact) mass is 326 g/mol. The summed E-state index contributed by atoms with van der Waals surface area (Å²) < 4.78 is 40.1. The molecule has 4 nitrogen and oxygen atoms in total. The van der Waals surface area contributed by atoms with Gasteiger partial charge in [0.15, 0.2) is 0 Å². The Morgan fingerprint density at radius 2 is 1.65 bits per heavy atom. The lowest BCUT2D eigenvalue weighted by Gasteiger charge is -2.10. The van der Waals surface area contributed by atoms with Gasteiger partial charge in [-0.1, -0.05) is 18.2 Å². The van der Waals surface area contributed by atoms with Crippen LogP contribution in [0.3, 0.4) is 0 Å². The third-order valence-corrected chi connectivity index (χ3v) is 3.11. The van der Waals surface area contributed by atoms with Crippen molar-refractivity contribution in [3.63, 3.8) is 0 Å². The van der Waals surface area contributed by atoms with Gasteiger partial charge in [-0.2, -0.15) is 0 Å². The normalized spacial score (nSPS) is 11.3. The molecule has 0 unspecified atom stereocenters. The van der Waals surface area contributed by atoms with Gasteiger partial charge in [0.05, 0.1) is 0 Å². The number of rotatable bonds is 5. The van der Waals surface area contributed by atoms with E-state index in [1.165, 1.54) is 30.3 Å². The van der Waals surface area contributed by atoms with Crippen molar-refractivity contribution in [1.29, 1.82) is 0 Å². The van der Waals surface area contributed by atoms with E-state index in [1.54, 1.807) is 12.1 Å². The Kier molecular flexibility index (Phi) is 4.78. The summed E-state index contributed by atoms with van der Waals surface area (Å²) in [7, 11) is 0. The molecular formula is C16H13F3O4. The number of carbonyl (C=O) groups is 1. The predicted molar refractivity (Wildman–Crippen MR) is 76.2 cm³/mol. The lowest BCUT2D eigenvalue weighted by Crippen LogP contribution is -2.16. The Morgan fingerprint density at radius 1 is 1.04 bits per heavy atom. The quantitative estimate of drug-likeness (QED) is 0.872. The first kappa shape index (κ1) is 16.7. The minimum Gasteiger partial charge on any atom is -0.508 e. The van der Waals surface area contributed by atoms with Gasteiger partial charge in [0, 0.05) is 6.42 Å². The van der Waals surface area contributed by atoms with Crippen LogP contribution in [-0.4, -0.2) is 22.5 Å². The van der Waals surface area contributed by atoms with Crippen molar-refractivity contribution >= 4 is 5.97 Å². The third kappa shape index (κ3) is 4.91. The summed E-state index contributed by atoms with van der Waals surface area (Å²) in [4.78, 5) is 10.6. The highest BCUT2D eigenvalue weighted by Gasteiger charge is 2.30.